The summed E-state index contributed by atoms with van der Waals surface area (Å²) >= 11 is 0. The lowest BCUT2D eigenvalue weighted by molar-refractivity contribution is 0.0819. The van der Waals surface area contributed by atoms with Crippen LogP contribution < -0.4 is 5.32 Å². The van der Waals surface area contributed by atoms with Gasteiger partial charge in [-0.25, -0.2) is 4.79 Å². The van der Waals surface area contributed by atoms with E-state index in [4.69, 9.17) is 4.74 Å². The summed E-state index contributed by atoms with van der Waals surface area (Å²) in [5, 5.41) is 3.71. The predicted molar refractivity (Wildman–Crippen MR) is 91.2 cm³/mol. The Kier molecular flexibility index (Phi) is 5.92. The summed E-state index contributed by atoms with van der Waals surface area (Å²) in [5.41, 5.74) is 1.04. The third-order valence-electron chi connectivity index (χ3n) is 5.13. The molecule has 2 fully saturated rings. The Morgan fingerprint density at radius 3 is 2.48 bits per heavy atom. The zero-order valence-corrected chi connectivity index (χ0v) is 13.9. The highest BCUT2D eigenvalue weighted by Crippen LogP contribution is 2.21. The van der Waals surface area contributed by atoms with E-state index < -0.39 is 0 Å². The van der Waals surface area contributed by atoms with Crippen LogP contribution in [0.2, 0.25) is 0 Å². The number of nitrogens with one attached hydrogen (secondary N) is 1. The van der Waals surface area contributed by atoms with Gasteiger partial charge in [0, 0.05) is 19.1 Å². The summed E-state index contributed by atoms with van der Waals surface area (Å²) in [4.78, 5) is 14.0. The molecular formula is C19H28N2O2. The number of amides is 1. The maximum Gasteiger partial charge on any atom is 0.410 e. The average molecular weight is 316 g/mol. The minimum absolute atomic E-state index is 0.170. The molecule has 0 unspecified atom stereocenters. The van der Waals surface area contributed by atoms with Gasteiger partial charge in [0.15, 0.2) is 0 Å². The Hall–Kier alpha value is -1.55. The van der Waals surface area contributed by atoms with Crippen molar-refractivity contribution in [3.05, 3.63) is 35.9 Å². The van der Waals surface area contributed by atoms with Gasteiger partial charge in [0.25, 0.3) is 0 Å². The third-order valence-corrected chi connectivity index (χ3v) is 5.13. The Bertz CT molecular complexity index is 477. The van der Waals surface area contributed by atoms with E-state index >= 15 is 0 Å². The molecule has 1 aliphatic carbocycles. The molecule has 1 saturated carbocycles. The van der Waals surface area contributed by atoms with Gasteiger partial charge in [0.1, 0.15) is 6.61 Å². The zero-order valence-electron chi connectivity index (χ0n) is 13.9. The first-order valence-electron chi connectivity index (χ1n) is 9.00. The van der Waals surface area contributed by atoms with Gasteiger partial charge in [-0.05, 0) is 43.7 Å². The lowest BCUT2D eigenvalue weighted by Gasteiger charge is -2.32. The van der Waals surface area contributed by atoms with E-state index in [0.29, 0.717) is 12.5 Å². The van der Waals surface area contributed by atoms with Gasteiger partial charge >= 0.3 is 6.09 Å². The summed E-state index contributed by atoms with van der Waals surface area (Å²) in [7, 11) is 0. The number of carbonyl (C=O) groups is 1. The first-order valence-corrected chi connectivity index (χ1v) is 9.00. The molecule has 1 aromatic carbocycles. The number of hydrogen-bond donors (Lipinski definition) is 1. The van der Waals surface area contributed by atoms with Crippen molar-refractivity contribution in [3.8, 4) is 0 Å². The molecule has 126 valence electrons. The summed E-state index contributed by atoms with van der Waals surface area (Å²) < 4.78 is 5.42. The van der Waals surface area contributed by atoms with Crippen molar-refractivity contribution in [3.63, 3.8) is 0 Å². The lowest BCUT2D eigenvalue weighted by Crippen LogP contribution is -2.42. The lowest BCUT2D eigenvalue weighted by atomic mass is 9.96. The van der Waals surface area contributed by atoms with Gasteiger partial charge in [-0.15, -0.1) is 0 Å². The molecule has 23 heavy (non-hydrogen) atoms. The Balaban J connectivity index is 1.34. The SMILES string of the molecule is O=C(OCc1ccccc1)N1CCC(CNC2CCCC2)CC1. The van der Waals surface area contributed by atoms with E-state index in [1.54, 1.807) is 0 Å². The molecule has 1 aromatic rings. The standard InChI is InChI=1S/C19H28N2O2/c22-19(23-15-17-6-2-1-3-7-17)21-12-10-16(11-13-21)14-20-18-8-4-5-9-18/h1-3,6-7,16,18,20H,4-5,8-15H2. The molecule has 1 N–H and O–H groups in total. The van der Waals surface area contributed by atoms with Crippen LogP contribution >= 0.6 is 0 Å². The van der Waals surface area contributed by atoms with E-state index in [0.717, 1.165) is 44.1 Å². The Morgan fingerprint density at radius 2 is 1.78 bits per heavy atom. The smallest absolute Gasteiger partial charge is 0.410 e. The van der Waals surface area contributed by atoms with Crippen LogP contribution in [-0.4, -0.2) is 36.7 Å². The van der Waals surface area contributed by atoms with Crippen LogP contribution in [0.25, 0.3) is 0 Å². The van der Waals surface area contributed by atoms with E-state index in [9.17, 15) is 4.79 Å². The molecule has 1 amide bonds. The second-order valence-electron chi connectivity index (χ2n) is 6.86. The number of ether oxygens (including phenoxy) is 1. The van der Waals surface area contributed by atoms with Gasteiger partial charge in [0.2, 0.25) is 0 Å². The Morgan fingerprint density at radius 1 is 1.09 bits per heavy atom. The molecule has 1 aliphatic heterocycles. The molecule has 2 aliphatic rings. The van der Waals surface area contributed by atoms with Crippen molar-refractivity contribution in [2.24, 2.45) is 5.92 Å². The van der Waals surface area contributed by atoms with Crippen LogP contribution in [0.5, 0.6) is 0 Å². The van der Waals surface area contributed by atoms with Crippen molar-refractivity contribution in [2.45, 2.75) is 51.2 Å². The first-order chi connectivity index (χ1) is 11.3. The number of nitrogens with zero attached hydrogens (tertiary/aromatic N) is 1. The summed E-state index contributed by atoms with van der Waals surface area (Å²) in [6.45, 7) is 3.12. The van der Waals surface area contributed by atoms with Crippen molar-refractivity contribution in [1.82, 2.24) is 10.2 Å². The number of benzene rings is 1. The van der Waals surface area contributed by atoms with Crippen LogP contribution in [0.15, 0.2) is 30.3 Å². The molecule has 4 heteroatoms. The fraction of sp³-hybridized carbons (Fsp3) is 0.632. The van der Waals surface area contributed by atoms with Crippen LogP contribution in [0.3, 0.4) is 0 Å². The molecule has 0 aromatic heterocycles. The van der Waals surface area contributed by atoms with Crippen molar-refractivity contribution < 1.29 is 9.53 Å². The highest BCUT2D eigenvalue weighted by Gasteiger charge is 2.24. The monoisotopic (exact) mass is 316 g/mol. The van der Waals surface area contributed by atoms with E-state index in [1.165, 1.54) is 25.7 Å². The molecule has 1 heterocycles. The minimum Gasteiger partial charge on any atom is -0.445 e. The van der Waals surface area contributed by atoms with Gasteiger partial charge in [-0.1, -0.05) is 43.2 Å². The quantitative estimate of drug-likeness (QED) is 0.903. The summed E-state index contributed by atoms with van der Waals surface area (Å²) in [5.74, 6) is 0.703. The molecule has 0 atom stereocenters. The van der Waals surface area contributed by atoms with Crippen molar-refractivity contribution in [1.29, 1.82) is 0 Å². The number of carbonyl (C=O) groups excluding carboxylic acids is 1. The van der Waals surface area contributed by atoms with Crippen LogP contribution in [0.1, 0.15) is 44.1 Å². The van der Waals surface area contributed by atoms with E-state index in [1.807, 2.05) is 35.2 Å². The molecular weight excluding hydrogens is 288 g/mol. The van der Waals surface area contributed by atoms with Crippen molar-refractivity contribution >= 4 is 6.09 Å². The van der Waals surface area contributed by atoms with Crippen molar-refractivity contribution in [2.75, 3.05) is 19.6 Å². The molecule has 3 rings (SSSR count). The molecule has 0 bridgehead atoms. The molecule has 4 nitrogen and oxygen atoms in total. The number of likely N-dealkylation sites (tertiary alicyclic amines) is 1. The minimum atomic E-state index is -0.170. The van der Waals surface area contributed by atoms with Gasteiger partial charge in [0.05, 0.1) is 0 Å². The largest absolute Gasteiger partial charge is 0.445 e. The fourth-order valence-corrected chi connectivity index (χ4v) is 3.59. The highest BCUT2D eigenvalue weighted by molar-refractivity contribution is 5.67. The maximum atomic E-state index is 12.1. The van der Waals surface area contributed by atoms with Crippen LogP contribution in [0, 0.1) is 5.92 Å². The number of hydrogen-bond acceptors (Lipinski definition) is 3. The van der Waals surface area contributed by atoms with E-state index in [2.05, 4.69) is 5.32 Å². The van der Waals surface area contributed by atoms with Crippen LogP contribution in [0.4, 0.5) is 4.79 Å². The molecule has 1 saturated heterocycles. The summed E-state index contributed by atoms with van der Waals surface area (Å²) in [6, 6.07) is 10.6. The predicted octanol–water partition coefficient (Wildman–Crippen LogP) is 3.57. The van der Waals surface area contributed by atoms with Crippen LogP contribution in [-0.2, 0) is 11.3 Å². The van der Waals surface area contributed by atoms with Gasteiger partial charge in [-0.2, -0.15) is 0 Å². The van der Waals surface area contributed by atoms with E-state index in [-0.39, 0.29) is 6.09 Å². The number of rotatable bonds is 5. The number of piperidine rings is 1. The first kappa shape index (κ1) is 16.3. The van der Waals surface area contributed by atoms with Gasteiger partial charge < -0.3 is 15.0 Å². The maximum absolute atomic E-state index is 12.1. The topological polar surface area (TPSA) is 41.6 Å². The fourth-order valence-electron chi connectivity index (χ4n) is 3.59. The summed E-state index contributed by atoms with van der Waals surface area (Å²) in [6.07, 6.45) is 7.43. The molecule has 0 spiro atoms. The normalized spacial score (nSPS) is 19.9. The second kappa shape index (κ2) is 8.34. The average Bonchev–Trinajstić information content (AvgIpc) is 3.13. The third kappa shape index (κ3) is 4.96. The highest BCUT2D eigenvalue weighted by atomic mass is 16.6. The molecule has 0 radical (unpaired) electrons. The zero-order chi connectivity index (χ0) is 15.9. The van der Waals surface area contributed by atoms with Gasteiger partial charge in [-0.3, -0.25) is 0 Å². The Labute approximate surface area is 139 Å². The second-order valence-corrected chi connectivity index (χ2v) is 6.86.